The second-order valence-corrected chi connectivity index (χ2v) is 10.3. The van der Waals surface area contributed by atoms with Gasteiger partial charge >= 0.3 is 0 Å². The number of carbonyl (C=O) groups is 1. The van der Waals surface area contributed by atoms with E-state index in [9.17, 15) is 14.3 Å². The molecule has 4 aromatic rings. The predicted molar refractivity (Wildman–Crippen MR) is 147 cm³/mol. The molecule has 39 heavy (non-hydrogen) atoms. The molecule has 0 saturated carbocycles. The third-order valence-electron chi connectivity index (χ3n) is 6.27. The number of fused-ring (bicyclic) bond motifs is 1. The zero-order valence-electron chi connectivity index (χ0n) is 21.4. The van der Waals surface area contributed by atoms with Crippen LogP contribution in [0.5, 0.6) is 11.5 Å². The first-order valence-electron chi connectivity index (χ1n) is 12.6. The Balaban J connectivity index is 1.22. The fourth-order valence-corrected chi connectivity index (χ4v) is 5.21. The van der Waals surface area contributed by atoms with Crippen molar-refractivity contribution in [3.8, 4) is 11.5 Å². The van der Waals surface area contributed by atoms with E-state index in [-0.39, 0.29) is 18.4 Å². The molecule has 1 atom stereocenters. The largest absolute Gasteiger partial charge is 0.493 e. The average Bonchev–Trinajstić information content (AvgIpc) is 3.54. The number of hydrogen-bond acceptors (Lipinski definition) is 10. The van der Waals surface area contributed by atoms with Crippen molar-refractivity contribution in [2.75, 3.05) is 44.0 Å². The van der Waals surface area contributed by atoms with Crippen molar-refractivity contribution in [1.29, 1.82) is 0 Å². The number of methoxy groups -OCH3 is 1. The molecule has 10 nitrogen and oxygen atoms in total. The summed E-state index contributed by atoms with van der Waals surface area (Å²) in [7, 11) is 1.58. The summed E-state index contributed by atoms with van der Waals surface area (Å²) in [6.07, 6.45) is 4.61. The molecule has 12 heteroatoms. The number of nitrogens with zero attached hydrogens (tertiary/aromatic N) is 4. The van der Waals surface area contributed by atoms with Crippen LogP contribution in [-0.4, -0.2) is 70.3 Å². The number of carbonyl (C=O) groups excluding carboxylic acids is 1. The number of likely N-dealkylation sites (tertiary alicyclic amines) is 1. The van der Waals surface area contributed by atoms with Crippen molar-refractivity contribution in [2.45, 2.75) is 25.4 Å². The number of benzene rings is 2. The maximum Gasteiger partial charge on any atom is 0.229 e. The average molecular weight is 553 g/mol. The van der Waals surface area contributed by atoms with Crippen LogP contribution in [0, 0.1) is 5.82 Å². The number of ether oxygens (including phenoxy) is 2. The number of halogens is 1. The number of rotatable bonds is 11. The first-order valence-corrected chi connectivity index (χ1v) is 13.4. The highest BCUT2D eigenvalue weighted by atomic mass is 32.1. The van der Waals surface area contributed by atoms with E-state index in [1.807, 2.05) is 12.1 Å². The summed E-state index contributed by atoms with van der Waals surface area (Å²) < 4.78 is 24.9. The number of thiazole rings is 1. The number of nitrogens with one attached hydrogen (secondary N) is 2. The molecule has 3 N–H and O–H groups in total. The van der Waals surface area contributed by atoms with Gasteiger partial charge in [0, 0.05) is 47.8 Å². The van der Waals surface area contributed by atoms with Gasteiger partial charge in [0.25, 0.3) is 0 Å². The highest BCUT2D eigenvalue weighted by Gasteiger charge is 2.19. The summed E-state index contributed by atoms with van der Waals surface area (Å²) in [4.78, 5) is 28.5. The van der Waals surface area contributed by atoms with Crippen molar-refractivity contribution < 1.29 is 23.8 Å². The molecule has 2 aromatic heterocycles. The molecule has 2 aromatic carbocycles. The third kappa shape index (κ3) is 6.96. The molecule has 1 amide bonds. The molecule has 3 heterocycles. The molecule has 0 bridgehead atoms. The summed E-state index contributed by atoms with van der Waals surface area (Å²) in [5.74, 6) is 1.02. The molecule has 0 radical (unpaired) electrons. The minimum atomic E-state index is -0.413. The molecule has 1 aliphatic rings. The summed E-state index contributed by atoms with van der Waals surface area (Å²) >= 11 is 1.32. The zero-order valence-corrected chi connectivity index (χ0v) is 22.2. The highest BCUT2D eigenvalue weighted by molar-refractivity contribution is 7.15. The van der Waals surface area contributed by atoms with Crippen molar-refractivity contribution in [3.05, 3.63) is 59.6 Å². The van der Waals surface area contributed by atoms with Gasteiger partial charge in [0.15, 0.2) is 16.6 Å². The van der Waals surface area contributed by atoms with Crippen LogP contribution in [0.1, 0.15) is 17.7 Å². The van der Waals surface area contributed by atoms with E-state index in [0.717, 1.165) is 36.2 Å². The number of hydrogen-bond donors (Lipinski definition) is 3. The zero-order chi connectivity index (χ0) is 27.2. The van der Waals surface area contributed by atoms with Gasteiger partial charge in [-0.05, 0) is 37.1 Å². The van der Waals surface area contributed by atoms with Crippen molar-refractivity contribution >= 4 is 44.8 Å². The van der Waals surface area contributed by atoms with Crippen LogP contribution < -0.4 is 20.1 Å². The summed E-state index contributed by atoms with van der Waals surface area (Å²) in [5, 5.41) is 16.9. The van der Waals surface area contributed by atoms with E-state index in [2.05, 4.69) is 30.5 Å². The first kappa shape index (κ1) is 26.7. The van der Waals surface area contributed by atoms with Gasteiger partial charge in [0.05, 0.1) is 31.8 Å². The lowest BCUT2D eigenvalue weighted by Gasteiger charge is -2.16. The fraction of sp³-hybridized carbons (Fsp3) is 0.333. The van der Waals surface area contributed by atoms with E-state index >= 15 is 0 Å². The fourth-order valence-electron chi connectivity index (χ4n) is 4.40. The minimum absolute atomic E-state index is 0.104. The van der Waals surface area contributed by atoms with Crippen LogP contribution in [0.3, 0.4) is 0 Å². The van der Waals surface area contributed by atoms with E-state index in [1.165, 1.54) is 35.9 Å². The molecule has 5 rings (SSSR count). The molecular formula is C27H29FN6O4S. The van der Waals surface area contributed by atoms with Crippen LogP contribution in [-0.2, 0) is 11.2 Å². The Labute approximate surface area is 228 Å². The van der Waals surface area contributed by atoms with E-state index in [4.69, 9.17) is 9.47 Å². The summed E-state index contributed by atoms with van der Waals surface area (Å²) in [6, 6.07) is 9.41. The van der Waals surface area contributed by atoms with Crippen LogP contribution in [0.25, 0.3) is 10.9 Å². The molecule has 0 aliphatic carbocycles. The smallest absolute Gasteiger partial charge is 0.229 e. The van der Waals surface area contributed by atoms with Gasteiger partial charge in [-0.25, -0.2) is 19.3 Å². The van der Waals surface area contributed by atoms with Crippen molar-refractivity contribution in [1.82, 2.24) is 19.9 Å². The Kier molecular flexibility index (Phi) is 8.45. The quantitative estimate of drug-likeness (QED) is 0.237. The van der Waals surface area contributed by atoms with Crippen LogP contribution in [0.15, 0.2) is 48.9 Å². The Morgan fingerprint density at radius 2 is 2.13 bits per heavy atom. The number of aromatic nitrogens is 3. The number of β-amino-alcohol motifs (C(OH)–C–C–N with tert-alkyl or cyclic N) is 1. The standard InChI is InChI=1S/C27H29FN6O4S/c1-37-23-12-21-22(13-24(23)38-9-3-7-34-8-6-19(35)15-34)30-16-31-26(21)33-27-29-14-20(39-27)11-25(36)32-18-5-2-4-17(28)10-18/h2,4-5,10,12-14,16,19,35H,3,6-9,11,15H2,1H3,(H,32,36)(H,29,30,31,33). The van der Waals surface area contributed by atoms with Gasteiger partial charge in [0.2, 0.25) is 5.91 Å². The van der Waals surface area contributed by atoms with Crippen molar-refractivity contribution in [3.63, 3.8) is 0 Å². The minimum Gasteiger partial charge on any atom is -0.493 e. The van der Waals surface area contributed by atoms with E-state index in [0.29, 0.717) is 46.8 Å². The van der Waals surface area contributed by atoms with E-state index in [1.54, 1.807) is 19.4 Å². The SMILES string of the molecule is COc1cc2c(Nc3ncc(CC(=O)Nc4cccc(F)c4)s3)ncnc2cc1OCCCN1CCC(O)C1. The maximum absolute atomic E-state index is 13.4. The second-order valence-electron chi connectivity index (χ2n) is 9.18. The van der Waals surface area contributed by atoms with Crippen LogP contribution >= 0.6 is 11.3 Å². The lowest BCUT2D eigenvalue weighted by molar-refractivity contribution is -0.115. The predicted octanol–water partition coefficient (Wildman–Crippen LogP) is 3.99. The van der Waals surface area contributed by atoms with Crippen molar-refractivity contribution in [2.24, 2.45) is 0 Å². The van der Waals surface area contributed by atoms with Gasteiger partial charge < -0.3 is 30.1 Å². The Hall–Kier alpha value is -3.87. The van der Waals surface area contributed by atoms with Gasteiger partial charge in [-0.3, -0.25) is 4.79 Å². The van der Waals surface area contributed by atoms with Gasteiger partial charge in [-0.1, -0.05) is 6.07 Å². The Morgan fingerprint density at radius 1 is 1.23 bits per heavy atom. The number of aliphatic hydroxyl groups excluding tert-OH is 1. The monoisotopic (exact) mass is 552 g/mol. The van der Waals surface area contributed by atoms with Gasteiger partial charge in [-0.15, -0.1) is 11.3 Å². The molecule has 1 unspecified atom stereocenters. The lowest BCUT2D eigenvalue weighted by atomic mass is 10.2. The van der Waals surface area contributed by atoms with Gasteiger partial charge in [-0.2, -0.15) is 0 Å². The topological polar surface area (TPSA) is 122 Å². The van der Waals surface area contributed by atoms with Crippen LogP contribution in [0.2, 0.25) is 0 Å². The number of aliphatic hydroxyl groups is 1. The summed E-state index contributed by atoms with van der Waals surface area (Å²) in [5.41, 5.74) is 1.08. The highest BCUT2D eigenvalue weighted by Crippen LogP contribution is 2.35. The maximum atomic E-state index is 13.4. The Morgan fingerprint density at radius 3 is 2.92 bits per heavy atom. The molecular weight excluding hydrogens is 523 g/mol. The third-order valence-corrected chi connectivity index (χ3v) is 7.18. The molecule has 1 fully saturated rings. The van der Waals surface area contributed by atoms with E-state index < -0.39 is 5.82 Å². The number of amides is 1. The molecule has 204 valence electrons. The normalized spacial score (nSPS) is 15.4. The second kappa shape index (κ2) is 12.3. The summed E-state index contributed by atoms with van der Waals surface area (Å²) in [6.45, 7) is 3.01. The molecule has 0 spiro atoms. The lowest BCUT2D eigenvalue weighted by Crippen LogP contribution is -2.24. The molecule has 1 aliphatic heterocycles. The number of anilines is 3. The van der Waals surface area contributed by atoms with Gasteiger partial charge in [0.1, 0.15) is 18.0 Å². The molecule has 1 saturated heterocycles. The van der Waals surface area contributed by atoms with Crippen LogP contribution in [0.4, 0.5) is 21.0 Å². The first-order chi connectivity index (χ1) is 19.0. The Bertz CT molecular complexity index is 1450.